The van der Waals surface area contributed by atoms with E-state index in [-0.39, 0.29) is 6.10 Å². The number of anilines is 1. The minimum Gasteiger partial charge on any atom is -0.391 e. The predicted molar refractivity (Wildman–Crippen MR) is 69.5 cm³/mol. The van der Waals surface area contributed by atoms with Gasteiger partial charge in [0, 0.05) is 29.8 Å². The maximum absolute atomic E-state index is 9.64. The smallest absolute Gasteiger partial charge is 0.0715 e. The van der Waals surface area contributed by atoms with Gasteiger partial charge in [0.15, 0.2) is 0 Å². The number of rotatable bonds is 2. The van der Waals surface area contributed by atoms with Gasteiger partial charge in [0.1, 0.15) is 0 Å². The minimum atomic E-state index is -0.193. The van der Waals surface area contributed by atoms with E-state index >= 15 is 0 Å². The van der Waals surface area contributed by atoms with Gasteiger partial charge >= 0.3 is 0 Å². The number of β-amino-alcohol motifs (C(OH)–C–C–N with tert-alkyl or cyclic N) is 1. The largest absolute Gasteiger partial charge is 0.391 e. The highest BCUT2D eigenvalue weighted by Crippen LogP contribution is 2.26. The third-order valence-electron chi connectivity index (χ3n) is 3.02. The summed E-state index contributed by atoms with van der Waals surface area (Å²) in [4.78, 5) is 2.22. The van der Waals surface area contributed by atoms with Crippen LogP contribution in [0.5, 0.6) is 0 Å². The molecule has 1 heterocycles. The van der Waals surface area contributed by atoms with Gasteiger partial charge in [-0.05, 0) is 30.5 Å². The van der Waals surface area contributed by atoms with Crippen molar-refractivity contribution in [3.8, 4) is 0 Å². The molecular formula is C12H17BrN2O. The summed E-state index contributed by atoms with van der Waals surface area (Å²) in [6.07, 6.45) is 1.78. The minimum absolute atomic E-state index is 0.193. The van der Waals surface area contributed by atoms with Crippen molar-refractivity contribution in [2.45, 2.75) is 25.5 Å². The number of benzene rings is 1. The van der Waals surface area contributed by atoms with Gasteiger partial charge in [-0.15, -0.1) is 0 Å². The molecule has 1 aliphatic heterocycles. The lowest BCUT2D eigenvalue weighted by Crippen LogP contribution is -2.38. The van der Waals surface area contributed by atoms with Gasteiger partial charge in [0.05, 0.1) is 6.10 Å². The van der Waals surface area contributed by atoms with Crippen molar-refractivity contribution < 1.29 is 5.11 Å². The molecule has 0 aliphatic carbocycles. The van der Waals surface area contributed by atoms with E-state index in [0.29, 0.717) is 6.54 Å². The van der Waals surface area contributed by atoms with Crippen LogP contribution in [0.2, 0.25) is 0 Å². The fourth-order valence-corrected chi connectivity index (χ4v) is 2.62. The Morgan fingerprint density at radius 1 is 1.50 bits per heavy atom. The van der Waals surface area contributed by atoms with Crippen LogP contribution in [0.4, 0.5) is 5.69 Å². The molecule has 3 N–H and O–H groups in total. The third kappa shape index (κ3) is 2.56. The van der Waals surface area contributed by atoms with Crippen LogP contribution in [0.3, 0.4) is 0 Å². The van der Waals surface area contributed by atoms with Gasteiger partial charge in [-0.3, -0.25) is 0 Å². The molecule has 1 fully saturated rings. The van der Waals surface area contributed by atoms with Gasteiger partial charge in [-0.1, -0.05) is 22.0 Å². The molecular weight excluding hydrogens is 268 g/mol. The van der Waals surface area contributed by atoms with Gasteiger partial charge in [-0.2, -0.15) is 0 Å². The standard InChI is InChI=1S/C12H17BrN2O/c13-12-6-10(4-3-9(12)7-14)15-5-1-2-11(16)8-15/h3-4,6,11,16H,1-2,5,7-8,14H2. The van der Waals surface area contributed by atoms with Crippen molar-refractivity contribution in [1.82, 2.24) is 0 Å². The highest BCUT2D eigenvalue weighted by Gasteiger charge is 2.18. The summed E-state index contributed by atoms with van der Waals surface area (Å²) < 4.78 is 1.05. The molecule has 1 atom stereocenters. The molecule has 2 rings (SSSR count). The molecule has 1 aromatic carbocycles. The second kappa shape index (κ2) is 5.17. The van der Waals surface area contributed by atoms with Crippen LogP contribution in [-0.2, 0) is 6.54 Å². The highest BCUT2D eigenvalue weighted by molar-refractivity contribution is 9.10. The molecule has 1 aromatic rings. The first-order chi connectivity index (χ1) is 7.70. The van der Waals surface area contributed by atoms with Crippen molar-refractivity contribution in [2.24, 2.45) is 5.73 Å². The number of hydrogen-bond acceptors (Lipinski definition) is 3. The van der Waals surface area contributed by atoms with E-state index < -0.39 is 0 Å². The second-order valence-electron chi connectivity index (χ2n) is 4.22. The van der Waals surface area contributed by atoms with E-state index in [1.807, 2.05) is 6.07 Å². The Labute approximate surface area is 104 Å². The van der Waals surface area contributed by atoms with Crippen LogP contribution in [-0.4, -0.2) is 24.3 Å². The highest BCUT2D eigenvalue weighted by atomic mass is 79.9. The van der Waals surface area contributed by atoms with Crippen molar-refractivity contribution in [2.75, 3.05) is 18.0 Å². The maximum atomic E-state index is 9.64. The Morgan fingerprint density at radius 2 is 2.31 bits per heavy atom. The van der Waals surface area contributed by atoms with E-state index in [2.05, 4.69) is 33.0 Å². The summed E-state index contributed by atoms with van der Waals surface area (Å²) in [5, 5.41) is 9.64. The van der Waals surface area contributed by atoms with E-state index in [0.717, 1.165) is 41.7 Å². The molecule has 1 aliphatic rings. The third-order valence-corrected chi connectivity index (χ3v) is 3.76. The zero-order valence-electron chi connectivity index (χ0n) is 9.19. The van der Waals surface area contributed by atoms with Gasteiger partial charge in [0.2, 0.25) is 0 Å². The Kier molecular flexibility index (Phi) is 3.84. The van der Waals surface area contributed by atoms with E-state index in [9.17, 15) is 5.11 Å². The molecule has 1 saturated heterocycles. The molecule has 88 valence electrons. The van der Waals surface area contributed by atoms with E-state index in [4.69, 9.17) is 5.73 Å². The quantitative estimate of drug-likeness (QED) is 0.872. The first-order valence-electron chi connectivity index (χ1n) is 5.62. The molecule has 0 spiro atoms. The normalized spacial score (nSPS) is 21.2. The van der Waals surface area contributed by atoms with Crippen LogP contribution in [0.1, 0.15) is 18.4 Å². The molecule has 0 saturated carbocycles. The number of aliphatic hydroxyl groups excluding tert-OH is 1. The molecule has 0 radical (unpaired) electrons. The van der Waals surface area contributed by atoms with Gasteiger partial charge in [-0.25, -0.2) is 0 Å². The zero-order valence-corrected chi connectivity index (χ0v) is 10.8. The SMILES string of the molecule is NCc1ccc(N2CCCC(O)C2)cc1Br. The van der Waals surface area contributed by atoms with Crippen molar-refractivity contribution in [1.29, 1.82) is 0 Å². The summed E-state index contributed by atoms with van der Waals surface area (Å²) in [6, 6.07) is 6.20. The second-order valence-corrected chi connectivity index (χ2v) is 5.08. The number of nitrogens with two attached hydrogens (primary N) is 1. The van der Waals surface area contributed by atoms with E-state index in [1.165, 1.54) is 0 Å². The van der Waals surface area contributed by atoms with Gasteiger partial charge in [0.25, 0.3) is 0 Å². The summed E-state index contributed by atoms with van der Waals surface area (Å²) >= 11 is 3.52. The zero-order chi connectivity index (χ0) is 11.5. The number of halogens is 1. The number of aliphatic hydroxyl groups is 1. The lowest BCUT2D eigenvalue weighted by molar-refractivity contribution is 0.154. The first-order valence-corrected chi connectivity index (χ1v) is 6.41. The average molecular weight is 285 g/mol. The Bertz CT molecular complexity index is 370. The lowest BCUT2D eigenvalue weighted by Gasteiger charge is -2.32. The Hall–Kier alpha value is -0.580. The van der Waals surface area contributed by atoms with Crippen molar-refractivity contribution in [3.05, 3.63) is 28.2 Å². The monoisotopic (exact) mass is 284 g/mol. The molecule has 0 amide bonds. The summed E-state index contributed by atoms with van der Waals surface area (Å²) in [5.74, 6) is 0. The average Bonchev–Trinajstić information content (AvgIpc) is 2.29. The summed E-state index contributed by atoms with van der Waals surface area (Å²) in [6.45, 7) is 2.30. The van der Waals surface area contributed by atoms with Crippen LogP contribution in [0, 0.1) is 0 Å². The molecule has 1 unspecified atom stereocenters. The topological polar surface area (TPSA) is 49.5 Å². The number of hydrogen-bond donors (Lipinski definition) is 2. The number of piperidine rings is 1. The van der Waals surface area contributed by atoms with Crippen LogP contribution in [0.25, 0.3) is 0 Å². The predicted octanol–water partition coefficient (Wildman–Crippen LogP) is 1.87. The maximum Gasteiger partial charge on any atom is 0.0715 e. The Morgan fingerprint density at radius 3 is 2.94 bits per heavy atom. The van der Waals surface area contributed by atoms with Crippen LogP contribution < -0.4 is 10.6 Å². The van der Waals surface area contributed by atoms with E-state index in [1.54, 1.807) is 0 Å². The fraction of sp³-hybridized carbons (Fsp3) is 0.500. The molecule has 16 heavy (non-hydrogen) atoms. The summed E-state index contributed by atoms with van der Waals surface area (Å²) in [5.41, 5.74) is 7.89. The molecule has 4 heteroatoms. The van der Waals surface area contributed by atoms with Gasteiger partial charge < -0.3 is 15.7 Å². The van der Waals surface area contributed by atoms with Crippen molar-refractivity contribution in [3.63, 3.8) is 0 Å². The van der Waals surface area contributed by atoms with Crippen LogP contribution in [0.15, 0.2) is 22.7 Å². The fourth-order valence-electron chi connectivity index (χ4n) is 2.09. The number of nitrogens with zero attached hydrogens (tertiary/aromatic N) is 1. The van der Waals surface area contributed by atoms with Crippen LogP contribution >= 0.6 is 15.9 Å². The molecule has 0 aromatic heterocycles. The molecule has 0 bridgehead atoms. The lowest BCUT2D eigenvalue weighted by atomic mass is 10.1. The Balaban J connectivity index is 2.17. The van der Waals surface area contributed by atoms with Crippen molar-refractivity contribution >= 4 is 21.6 Å². The first kappa shape index (κ1) is 11.9. The molecule has 3 nitrogen and oxygen atoms in total. The summed E-state index contributed by atoms with van der Waals surface area (Å²) in [7, 11) is 0.